The van der Waals surface area contributed by atoms with Crippen molar-refractivity contribution < 1.29 is 4.74 Å². The van der Waals surface area contributed by atoms with Crippen LogP contribution in [0.1, 0.15) is 19.8 Å². The number of methoxy groups -OCH3 is 1. The Morgan fingerprint density at radius 1 is 1.40 bits per heavy atom. The smallest absolute Gasteiger partial charge is 0.121 e. The zero-order valence-corrected chi connectivity index (χ0v) is 12.7. The van der Waals surface area contributed by atoms with E-state index in [0.717, 1.165) is 41.7 Å². The van der Waals surface area contributed by atoms with Gasteiger partial charge < -0.3 is 15.8 Å². The summed E-state index contributed by atoms with van der Waals surface area (Å²) in [5.41, 5.74) is 7.53. The molecule has 1 heterocycles. The number of hydrogen-bond donors (Lipinski definition) is 2. The molecule has 1 aromatic carbocycles. The van der Waals surface area contributed by atoms with Crippen LogP contribution in [0.25, 0.3) is 10.9 Å². The number of anilines is 1. The average molecular weight is 296 g/mol. The maximum absolute atomic E-state index is 5.55. The lowest BCUT2D eigenvalue weighted by molar-refractivity contribution is 0.415. The van der Waals surface area contributed by atoms with Gasteiger partial charge in [0.15, 0.2) is 0 Å². The van der Waals surface area contributed by atoms with E-state index < -0.39 is 0 Å². The Labute approximate surface area is 126 Å². The van der Waals surface area contributed by atoms with E-state index in [9.17, 15) is 0 Å². The van der Waals surface area contributed by atoms with Gasteiger partial charge in [-0.2, -0.15) is 0 Å². The maximum atomic E-state index is 5.55. The molecule has 0 spiro atoms. The number of benzene rings is 1. The molecule has 110 valence electrons. The number of rotatable bonds is 6. The molecule has 1 unspecified atom stereocenters. The molecular formula is C15H22ClN3O. The standard InChI is InChI=1S/C15H21N3O.ClH/c1-11(5-3-7-16)18-14-10-13(19-2)9-12-6-4-8-17-15(12)14;/h4,6,8-11,18H,3,5,7,16H2,1-2H3;1H. The summed E-state index contributed by atoms with van der Waals surface area (Å²) in [5, 5.41) is 4.58. The topological polar surface area (TPSA) is 60.2 Å². The van der Waals surface area contributed by atoms with Crippen LogP contribution in [-0.4, -0.2) is 24.7 Å². The number of fused-ring (bicyclic) bond motifs is 1. The van der Waals surface area contributed by atoms with Gasteiger partial charge in [0.05, 0.1) is 18.3 Å². The zero-order chi connectivity index (χ0) is 13.7. The largest absolute Gasteiger partial charge is 0.497 e. The van der Waals surface area contributed by atoms with Crippen LogP contribution in [0.4, 0.5) is 5.69 Å². The highest BCUT2D eigenvalue weighted by Gasteiger charge is 2.08. The number of aromatic nitrogens is 1. The van der Waals surface area contributed by atoms with Gasteiger partial charge in [0.2, 0.25) is 0 Å². The molecule has 2 rings (SSSR count). The molecule has 0 aliphatic rings. The summed E-state index contributed by atoms with van der Waals surface area (Å²) in [7, 11) is 1.68. The minimum Gasteiger partial charge on any atom is -0.497 e. The first kappa shape index (κ1) is 16.5. The predicted octanol–water partition coefficient (Wildman–Crippen LogP) is 3.20. The van der Waals surface area contributed by atoms with Crippen molar-refractivity contribution in [1.29, 1.82) is 0 Å². The summed E-state index contributed by atoms with van der Waals surface area (Å²) < 4.78 is 5.34. The Morgan fingerprint density at radius 2 is 2.20 bits per heavy atom. The number of hydrogen-bond acceptors (Lipinski definition) is 4. The third-order valence-electron chi connectivity index (χ3n) is 3.16. The monoisotopic (exact) mass is 295 g/mol. The molecule has 1 atom stereocenters. The Bertz CT molecular complexity index is 548. The fraction of sp³-hybridized carbons (Fsp3) is 0.400. The predicted molar refractivity (Wildman–Crippen MR) is 86.9 cm³/mol. The molecule has 0 radical (unpaired) electrons. The Balaban J connectivity index is 0.00000200. The maximum Gasteiger partial charge on any atom is 0.121 e. The molecule has 0 aliphatic heterocycles. The van der Waals surface area contributed by atoms with Gasteiger partial charge in [-0.05, 0) is 38.4 Å². The molecule has 0 saturated heterocycles. The molecule has 0 fully saturated rings. The molecule has 0 amide bonds. The van der Waals surface area contributed by atoms with E-state index in [1.807, 2.05) is 30.5 Å². The van der Waals surface area contributed by atoms with Crippen LogP contribution in [0.2, 0.25) is 0 Å². The number of pyridine rings is 1. The van der Waals surface area contributed by atoms with Gasteiger partial charge in [0, 0.05) is 23.7 Å². The summed E-state index contributed by atoms with van der Waals surface area (Å²) in [4.78, 5) is 4.45. The van der Waals surface area contributed by atoms with E-state index in [-0.39, 0.29) is 12.4 Å². The van der Waals surface area contributed by atoms with Crippen molar-refractivity contribution in [3.63, 3.8) is 0 Å². The lowest BCUT2D eigenvalue weighted by Crippen LogP contribution is -2.17. The van der Waals surface area contributed by atoms with Crippen LogP contribution in [0.15, 0.2) is 30.5 Å². The fourth-order valence-electron chi connectivity index (χ4n) is 2.15. The Morgan fingerprint density at radius 3 is 2.90 bits per heavy atom. The molecule has 0 bridgehead atoms. The van der Waals surface area contributed by atoms with Gasteiger partial charge in [0.1, 0.15) is 5.75 Å². The highest BCUT2D eigenvalue weighted by molar-refractivity contribution is 5.91. The summed E-state index contributed by atoms with van der Waals surface area (Å²) in [6.07, 6.45) is 3.87. The minimum atomic E-state index is 0. The van der Waals surface area contributed by atoms with Gasteiger partial charge in [-0.15, -0.1) is 12.4 Å². The van der Waals surface area contributed by atoms with E-state index >= 15 is 0 Å². The first-order valence-electron chi connectivity index (χ1n) is 6.64. The Kier molecular flexibility index (Phi) is 6.55. The van der Waals surface area contributed by atoms with Crippen molar-refractivity contribution in [3.8, 4) is 5.75 Å². The molecule has 2 aromatic rings. The van der Waals surface area contributed by atoms with E-state index in [0.29, 0.717) is 6.04 Å². The van der Waals surface area contributed by atoms with E-state index in [1.54, 1.807) is 7.11 Å². The van der Waals surface area contributed by atoms with Gasteiger partial charge in [0.25, 0.3) is 0 Å². The second kappa shape index (κ2) is 7.92. The molecular weight excluding hydrogens is 274 g/mol. The van der Waals surface area contributed by atoms with E-state index in [1.165, 1.54) is 0 Å². The highest BCUT2D eigenvalue weighted by atomic mass is 35.5. The van der Waals surface area contributed by atoms with Gasteiger partial charge in [-0.25, -0.2) is 0 Å². The fourth-order valence-corrected chi connectivity index (χ4v) is 2.15. The molecule has 0 saturated carbocycles. The van der Waals surface area contributed by atoms with Crippen LogP contribution >= 0.6 is 12.4 Å². The summed E-state index contributed by atoms with van der Waals surface area (Å²) in [5.74, 6) is 0.842. The third-order valence-corrected chi connectivity index (χ3v) is 3.16. The molecule has 5 heteroatoms. The van der Waals surface area contributed by atoms with Crippen molar-refractivity contribution in [2.45, 2.75) is 25.8 Å². The van der Waals surface area contributed by atoms with E-state index in [2.05, 4.69) is 17.2 Å². The summed E-state index contributed by atoms with van der Waals surface area (Å²) in [6, 6.07) is 8.33. The van der Waals surface area contributed by atoms with Crippen molar-refractivity contribution in [2.75, 3.05) is 19.0 Å². The van der Waals surface area contributed by atoms with Crippen LogP contribution < -0.4 is 15.8 Å². The van der Waals surface area contributed by atoms with Crippen LogP contribution in [0.3, 0.4) is 0 Å². The first-order valence-corrected chi connectivity index (χ1v) is 6.64. The van der Waals surface area contributed by atoms with Crippen LogP contribution in [0, 0.1) is 0 Å². The SMILES string of the molecule is COc1cc(NC(C)CCCN)c2ncccc2c1.Cl. The number of nitrogens with one attached hydrogen (secondary N) is 1. The second-order valence-electron chi connectivity index (χ2n) is 4.73. The number of nitrogens with two attached hydrogens (primary N) is 1. The van der Waals surface area contributed by atoms with Crippen molar-refractivity contribution in [3.05, 3.63) is 30.5 Å². The van der Waals surface area contributed by atoms with Gasteiger partial charge in [-0.3, -0.25) is 4.98 Å². The van der Waals surface area contributed by atoms with Gasteiger partial charge >= 0.3 is 0 Å². The molecule has 1 aromatic heterocycles. The normalized spacial score (nSPS) is 11.8. The summed E-state index contributed by atoms with van der Waals surface area (Å²) in [6.45, 7) is 2.88. The minimum absolute atomic E-state index is 0. The number of halogens is 1. The van der Waals surface area contributed by atoms with Gasteiger partial charge in [-0.1, -0.05) is 6.07 Å². The number of ether oxygens (including phenoxy) is 1. The molecule has 4 nitrogen and oxygen atoms in total. The van der Waals surface area contributed by atoms with Crippen molar-refractivity contribution in [1.82, 2.24) is 4.98 Å². The quantitative estimate of drug-likeness (QED) is 0.859. The average Bonchev–Trinajstić information content (AvgIpc) is 2.44. The highest BCUT2D eigenvalue weighted by Crippen LogP contribution is 2.28. The third kappa shape index (κ3) is 3.99. The molecule has 0 aliphatic carbocycles. The number of nitrogens with zero attached hydrogens (tertiary/aromatic N) is 1. The van der Waals surface area contributed by atoms with E-state index in [4.69, 9.17) is 10.5 Å². The Hall–Kier alpha value is -1.52. The first-order chi connectivity index (χ1) is 9.24. The van der Waals surface area contributed by atoms with Crippen molar-refractivity contribution >= 4 is 29.0 Å². The molecule has 3 N–H and O–H groups in total. The summed E-state index contributed by atoms with van der Waals surface area (Å²) >= 11 is 0. The second-order valence-corrected chi connectivity index (χ2v) is 4.73. The lowest BCUT2D eigenvalue weighted by atomic mass is 10.1. The lowest BCUT2D eigenvalue weighted by Gasteiger charge is -2.17. The van der Waals surface area contributed by atoms with Crippen LogP contribution in [-0.2, 0) is 0 Å². The van der Waals surface area contributed by atoms with Crippen molar-refractivity contribution in [2.24, 2.45) is 5.73 Å². The zero-order valence-electron chi connectivity index (χ0n) is 11.9. The molecule has 20 heavy (non-hydrogen) atoms. The van der Waals surface area contributed by atoms with Crippen LogP contribution in [0.5, 0.6) is 5.75 Å².